The van der Waals surface area contributed by atoms with Crippen LogP contribution in [0.4, 0.5) is 0 Å². The third-order valence-electron chi connectivity index (χ3n) is 3.24. The maximum atomic E-state index is 11.7. The van der Waals surface area contributed by atoms with E-state index in [0.29, 0.717) is 11.8 Å². The summed E-state index contributed by atoms with van der Waals surface area (Å²) in [5.74, 6) is 1.55. The van der Waals surface area contributed by atoms with Crippen molar-refractivity contribution < 1.29 is 9.63 Å². The van der Waals surface area contributed by atoms with E-state index in [4.69, 9.17) is 4.84 Å². The van der Waals surface area contributed by atoms with Crippen molar-refractivity contribution in [2.24, 2.45) is 17.8 Å². The lowest BCUT2D eigenvalue weighted by molar-refractivity contribution is -0.170. The Balaban J connectivity index is 1.93. The van der Waals surface area contributed by atoms with Crippen molar-refractivity contribution in [3.05, 3.63) is 0 Å². The van der Waals surface area contributed by atoms with Crippen LogP contribution in [0, 0.1) is 17.8 Å². The van der Waals surface area contributed by atoms with Crippen molar-refractivity contribution in [3.8, 4) is 0 Å². The molecule has 2 rings (SSSR count). The molecule has 1 heterocycles. The normalized spacial score (nSPS) is 36.6. The first-order valence-corrected chi connectivity index (χ1v) is 4.78. The number of nitrogens with zero attached hydrogens (tertiary/aromatic N) is 1. The molecule has 0 aromatic heterocycles. The van der Waals surface area contributed by atoms with Gasteiger partial charge in [-0.25, -0.2) is 5.06 Å². The van der Waals surface area contributed by atoms with Crippen molar-refractivity contribution in [1.82, 2.24) is 10.4 Å². The zero-order valence-electron chi connectivity index (χ0n) is 8.12. The second-order valence-corrected chi connectivity index (χ2v) is 3.86. The fourth-order valence-electron chi connectivity index (χ4n) is 2.32. The fourth-order valence-corrected chi connectivity index (χ4v) is 2.32. The Morgan fingerprint density at radius 2 is 2.31 bits per heavy atom. The lowest BCUT2D eigenvalue weighted by Gasteiger charge is -2.13. The fraction of sp³-hybridized carbons (Fsp3) is 0.889. The van der Waals surface area contributed by atoms with Crippen molar-refractivity contribution in [2.45, 2.75) is 6.42 Å². The van der Waals surface area contributed by atoms with E-state index < -0.39 is 0 Å². The van der Waals surface area contributed by atoms with Crippen LogP contribution < -0.4 is 5.32 Å². The lowest BCUT2D eigenvalue weighted by Crippen LogP contribution is -2.28. The summed E-state index contributed by atoms with van der Waals surface area (Å²) in [7, 11) is 3.21. The van der Waals surface area contributed by atoms with Crippen LogP contribution in [0.2, 0.25) is 0 Å². The van der Waals surface area contributed by atoms with E-state index in [1.165, 1.54) is 12.2 Å². The number of hydrogen-bond donors (Lipinski definition) is 1. The summed E-state index contributed by atoms with van der Waals surface area (Å²) >= 11 is 0. The first-order valence-electron chi connectivity index (χ1n) is 4.78. The molecule has 2 aliphatic rings. The molecule has 1 N–H and O–H groups in total. The Labute approximate surface area is 78.2 Å². The van der Waals surface area contributed by atoms with Gasteiger partial charge in [-0.3, -0.25) is 9.63 Å². The van der Waals surface area contributed by atoms with Crippen LogP contribution in [0.1, 0.15) is 6.42 Å². The predicted molar refractivity (Wildman–Crippen MR) is 47.7 cm³/mol. The summed E-state index contributed by atoms with van der Waals surface area (Å²) in [5, 5.41) is 4.66. The highest BCUT2D eigenvalue weighted by Gasteiger charge is 2.55. The molecular formula is C9H16N2O2. The Morgan fingerprint density at radius 1 is 1.54 bits per heavy atom. The number of fused-ring (bicyclic) bond motifs is 1. The molecule has 2 fully saturated rings. The van der Waals surface area contributed by atoms with Crippen LogP contribution in [-0.2, 0) is 9.63 Å². The highest BCUT2D eigenvalue weighted by Crippen LogP contribution is 2.50. The highest BCUT2D eigenvalue weighted by atomic mass is 16.7. The van der Waals surface area contributed by atoms with E-state index in [1.807, 2.05) is 0 Å². The van der Waals surface area contributed by atoms with Gasteiger partial charge >= 0.3 is 0 Å². The molecule has 1 aliphatic heterocycles. The lowest BCUT2D eigenvalue weighted by atomic mass is 10.2. The van der Waals surface area contributed by atoms with Crippen molar-refractivity contribution in [1.29, 1.82) is 0 Å². The average molecular weight is 184 g/mol. The summed E-state index contributed by atoms with van der Waals surface area (Å²) in [5.41, 5.74) is 0. The Hall–Kier alpha value is -0.610. The molecule has 1 aliphatic carbocycles. The minimum Gasteiger partial charge on any atom is -0.316 e. The highest BCUT2D eigenvalue weighted by molar-refractivity contribution is 5.81. The van der Waals surface area contributed by atoms with Crippen LogP contribution >= 0.6 is 0 Å². The standard InChI is InChI=1S/C9H16N2O2/c1-11(13-2)9(12)8-6-3-4-10-5-7(6)8/h6-8,10H,3-5H2,1-2H3. The maximum Gasteiger partial charge on any atom is 0.249 e. The molecule has 0 radical (unpaired) electrons. The van der Waals surface area contributed by atoms with Gasteiger partial charge in [-0.1, -0.05) is 0 Å². The third-order valence-corrected chi connectivity index (χ3v) is 3.24. The maximum absolute atomic E-state index is 11.7. The van der Waals surface area contributed by atoms with Gasteiger partial charge < -0.3 is 5.32 Å². The molecular weight excluding hydrogens is 168 g/mol. The predicted octanol–water partition coefficient (Wildman–Crippen LogP) is -0.138. The van der Waals surface area contributed by atoms with Crippen LogP contribution in [0.5, 0.6) is 0 Å². The van der Waals surface area contributed by atoms with Crippen molar-refractivity contribution >= 4 is 5.91 Å². The molecule has 4 nitrogen and oxygen atoms in total. The number of rotatable bonds is 2. The third kappa shape index (κ3) is 1.44. The van der Waals surface area contributed by atoms with Gasteiger partial charge in [0.25, 0.3) is 0 Å². The minimum atomic E-state index is 0.140. The molecule has 0 spiro atoms. The molecule has 4 heteroatoms. The number of carbonyl (C=O) groups is 1. The smallest absolute Gasteiger partial charge is 0.249 e. The van der Waals surface area contributed by atoms with Crippen molar-refractivity contribution in [3.63, 3.8) is 0 Å². The van der Waals surface area contributed by atoms with E-state index in [2.05, 4.69) is 5.32 Å². The minimum absolute atomic E-state index is 0.140. The molecule has 1 amide bonds. The van der Waals surface area contributed by atoms with E-state index in [9.17, 15) is 4.79 Å². The van der Waals surface area contributed by atoms with Crippen LogP contribution in [0.25, 0.3) is 0 Å². The number of nitrogens with one attached hydrogen (secondary N) is 1. The van der Waals surface area contributed by atoms with E-state index in [1.54, 1.807) is 7.05 Å². The zero-order valence-corrected chi connectivity index (χ0v) is 8.12. The van der Waals surface area contributed by atoms with Crippen LogP contribution in [0.15, 0.2) is 0 Å². The molecule has 3 atom stereocenters. The number of hydrogen-bond acceptors (Lipinski definition) is 3. The monoisotopic (exact) mass is 184 g/mol. The van der Waals surface area contributed by atoms with Gasteiger partial charge in [-0.15, -0.1) is 0 Å². The first kappa shape index (κ1) is 8.97. The van der Waals surface area contributed by atoms with Gasteiger partial charge in [-0.05, 0) is 31.3 Å². The number of piperidine rings is 1. The second-order valence-electron chi connectivity index (χ2n) is 3.86. The van der Waals surface area contributed by atoms with Crippen LogP contribution in [-0.4, -0.2) is 38.2 Å². The number of carbonyl (C=O) groups excluding carboxylic acids is 1. The molecule has 0 bridgehead atoms. The summed E-state index contributed by atoms with van der Waals surface area (Å²) in [4.78, 5) is 16.6. The molecule has 13 heavy (non-hydrogen) atoms. The SMILES string of the molecule is CON(C)C(=O)C1C2CCNCC21. The van der Waals surface area contributed by atoms with Gasteiger partial charge in [0, 0.05) is 13.0 Å². The number of hydroxylamine groups is 2. The quantitative estimate of drug-likeness (QED) is 0.607. The molecule has 1 saturated heterocycles. The topological polar surface area (TPSA) is 41.6 Å². The zero-order chi connectivity index (χ0) is 9.42. The van der Waals surface area contributed by atoms with Crippen molar-refractivity contribution in [2.75, 3.05) is 27.2 Å². The second kappa shape index (κ2) is 3.27. The summed E-state index contributed by atoms with van der Waals surface area (Å²) < 4.78 is 0. The molecule has 3 unspecified atom stereocenters. The average Bonchev–Trinajstić information content (AvgIpc) is 2.89. The Morgan fingerprint density at radius 3 is 2.85 bits per heavy atom. The van der Waals surface area contributed by atoms with Crippen LogP contribution in [0.3, 0.4) is 0 Å². The van der Waals surface area contributed by atoms with E-state index in [-0.39, 0.29) is 11.8 Å². The molecule has 0 aromatic carbocycles. The molecule has 0 aromatic rings. The molecule has 74 valence electrons. The van der Waals surface area contributed by atoms with Gasteiger partial charge in [0.05, 0.1) is 7.11 Å². The van der Waals surface area contributed by atoms with Gasteiger partial charge in [-0.2, -0.15) is 0 Å². The largest absolute Gasteiger partial charge is 0.316 e. The summed E-state index contributed by atoms with van der Waals surface area (Å²) in [6, 6.07) is 0. The summed E-state index contributed by atoms with van der Waals surface area (Å²) in [6.45, 7) is 2.06. The number of amides is 1. The van der Waals surface area contributed by atoms with Gasteiger partial charge in [0.15, 0.2) is 0 Å². The molecule has 1 saturated carbocycles. The van der Waals surface area contributed by atoms with Gasteiger partial charge in [0.2, 0.25) is 5.91 Å². The van der Waals surface area contributed by atoms with E-state index in [0.717, 1.165) is 19.5 Å². The summed E-state index contributed by atoms with van der Waals surface area (Å²) in [6.07, 6.45) is 1.14. The Kier molecular flexibility index (Phi) is 2.26. The first-order chi connectivity index (χ1) is 6.25. The van der Waals surface area contributed by atoms with E-state index >= 15 is 0 Å². The Bertz CT molecular complexity index is 208. The van der Waals surface area contributed by atoms with Gasteiger partial charge in [0.1, 0.15) is 0 Å².